The number of benzene rings is 1. The van der Waals surface area contributed by atoms with E-state index >= 15 is 0 Å². The van der Waals surface area contributed by atoms with E-state index in [9.17, 15) is 26.8 Å². The van der Waals surface area contributed by atoms with Crippen molar-refractivity contribution in [2.45, 2.75) is 0 Å². The Morgan fingerprint density at radius 3 is 2.55 bits per heavy atom. The Bertz CT molecular complexity index is 715. The summed E-state index contributed by atoms with van der Waals surface area (Å²) in [5, 5.41) is 2.00. The van der Waals surface area contributed by atoms with Gasteiger partial charge in [0.05, 0.1) is 11.4 Å². The molecule has 6 nitrogen and oxygen atoms in total. The van der Waals surface area contributed by atoms with Crippen molar-refractivity contribution in [3.8, 4) is 0 Å². The van der Waals surface area contributed by atoms with Gasteiger partial charge in [0.25, 0.3) is 0 Å². The van der Waals surface area contributed by atoms with Crippen LogP contribution in [-0.2, 0) is 19.4 Å². The van der Waals surface area contributed by atoms with Gasteiger partial charge in [-0.3, -0.25) is 9.59 Å². The molecule has 1 aromatic rings. The van der Waals surface area contributed by atoms with E-state index in [-0.39, 0.29) is 24.8 Å². The molecule has 1 N–H and O–H groups in total. The zero-order valence-corrected chi connectivity index (χ0v) is 12.5. The molecule has 0 spiro atoms. The minimum Gasteiger partial charge on any atom is -0.334 e. The first-order valence-corrected chi connectivity index (χ1v) is 8.45. The van der Waals surface area contributed by atoms with Gasteiger partial charge in [0, 0.05) is 25.3 Å². The molecule has 9 heteroatoms. The SMILES string of the molecule is CS(=O)(=O)CC1CN(C(=O)C(=O)Nc2cccc(F)c2F)C1. The van der Waals surface area contributed by atoms with Gasteiger partial charge < -0.3 is 10.2 Å². The average Bonchev–Trinajstić information content (AvgIpc) is 2.37. The smallest absolute Gasteiger partial charge is 0.313 e. The van der Waals surface area contributed by atoms with E-state index in [2.05, 4.69) is 0 Å². The van der Waals surface area contributed by atoms with Crippen LogP contribution in [0.5, 0.6) is 0 Å². The molecule has 0 bridgehead atoms. The summed E-state index contributed by atoms with van der Waals surface area (Å²) in [7, 11) is -3.14. The monoisotopic (exact) mass is 332 g/mol. The van der Waals surface area contributed by atoms with E-state index in [0.717, 1.165) is 23.3 Å². The van der Waals surface area contributed by atoms with Gasteiger partial charge in [0.2, 0.25) is 0 Å². The van der Waals surface area contributed by atoms with Crippen LogP contribution in [0.2, 0.25) is 0 Å². The Hall–Kier alpha value is -2.03. The Morgan fingerprint density at radius 1 is 1.32 bits per heavy atom. The normalized spacial score (nSPS) is 15.3. The largest absolute Gasteiger partial charge is 0.334 e. The molecule has 1 saturated heterocycles. The van der Waals surface area contributed by atoms with Crippen molar-refractivity contribution < 1.29 is 26.8 Å². The summed E-state index contributed by atoms with van der Waals surface area (Å²) in [4.78, 5) is 24.6. The second-order valence-electron chi connectivity index (χ2n) is 5.22. The van der Waals surface area contributed by atoms with Gasteiger partial charge in [-0.1, -0.05) is 6.07 Å². The van der Waals surface area contributed by atoms with Gasteiger partial charge in [-0.2, -0.15) is 0 Å². The lowest BCUT2D eigenvalue weighted by atomic mass is 10.0. The number of nitrogens with zero attached hydrogens (tertiary/aromatic N) is 1. The maximum atomic E-state index is 13.4. The number of nitrogens with one attached hydrogen (secondary N) is 1. The van der Waals surface area contributed by atoms with Crippen molar-refractivity contribution in [3.63, 3.8) is 0 Å². The van der Waals surface area contributed by atoms with Crippen LogP contribution in [0, 0.1) is 17.6 Å². The summed E-state index contributed by atoms with van der Waals surface area (Å²) in [6, 6.07) is 3.22. The fourth-order valence-corrected chi connectivity index (χ4v) is 3.26. The zero-order valence-electron chi connectivity index (χ0n) is 11.7. The molecule has 1 aliphatic heterocycles. The highest BCUT2D eigenvalue weighted by Crippen LogP contribution is 2.19. The molecule has 0 atom stereocenters. The van der Waals surface area contributed by atoms with Crippen LogP contribution in [-0.4, -0.2) is 50.2 Å². The van der Waals surface area contributed by atoms with Crippen molar-refractivity contribution in [2.24, 2.45) is 5.92 Å². The standard InChI is InChI=1S/C13H14F2N2O4S/c1-22(20,21)7-8-5-17(6-8)13(19)12(18)16-10-4-2-3-9(14)11(10)15/h2-4,8H,5-7H2,1H3,(H,16,18). The number of hydrogen-bond acceptors (Lipinski definition) is 4. The molecule has 1 fully saturated rings. The minimum atomic E-state index is -3.14. The Labute approximate surface area is 126 Å². The van der Waals surface area contributed by atoms with E-state index < -0.39 is 39.0 Å². The van der Waals surface area contributed by atoms with E-state index in [1.54, 1.807) is 0 Å². The highest BCUT2D eigenvalue weighted by atomic mass is 32.2. The third kappa shape index (κ3) is 3.79. The van der Waals surface area contributed by atoms with Crippen molar-refractivity contribution in [1.82, 2.24) is 4.90 Å². The van der Waals surface area contributed by atoms with Gasteiger partial charge in [0.15, 0.2) is 11.6 Å². The summed E-state index contributed by atoms with van der Waals surface area (Å²) in [5.74, 6) is -4.66. The van der Waals surface area contributed by atoms with E-state index in [4.69, 9.17) is 0 Å². The number of carbonyl (C=O) groups excluding carboxylic acids is 2. The molecule has 22 heavy (non-hydrogen) atoms. The van der Waals surface area contributed by atoms with Crippen molar-refractivity contribution in [1.29, 1.82) is 0 Å². The fraction of sp³-hybridized carbons (Fsp3) is 0.385. The number of sulfone groups is 1. The van der Waals surface area contributed by atoms with Gasteiger partial charge in [-0.25, -0.2) is 17.2 Å². The van der Waals surface area contributed by atoms with Crippen LogP contribution in [0.15, 0.2) is 18.2 Å². The highest BCUT2D eigenvalue weighted by molar-refractivity contribution is 7.90. The Morgan fingerprint density at radius 2 is 1.95 bits per heavy atom. The molecular formula is C13H14F2N2O4S. The molecule has 1 heterocycles. The molecule has 0 aromatic heterocycles. The summed E-state index contributed by atoms with van der Waals surface area (Å²) in [5.41, 5.74) is -0.424. The second-order valence-corrected chi connectivity index (χ2v) is 7.41. The molecule has 1 aromatic carbocycles. The predicted molar refractivity (Wildman–Crippen MR) is 74.8 cm³/mol. The molecule has 0 radical (unpaired) electrons. The first-order valence-electron chi connectivity index (χ1n) is 6.39. The molecule has 120 valence electrons. The Balaban J connectivity index is 1.92. The van der Waals surface area contributed by atoms with Gasteiger partial charge in [-0.05, 0) is 12.1 Å². The van der Waals surface area contributed by atoms with Crippen molar-refractivity contribution in [2.75, 3.05) is 30.4 Å². The van der Waals surface area contributed by atoms with Crippen LogP contribution in [0.1, 0.15) is 0 Å². The third-order valence-electron chi connectivity index (χ3n) is 3.18. The van der Waals surface area contributed by atoms with Gasteiger partial charge in [-0.15, -0.1) is 0 Å². The molecule has 1 aliphatic rings. The first kappa shape index (κ1) is 16.3. The number of rotatable bonds is 3. The first-order chi connectivity index (χ1) is 10.2. The van der Waals surface area contributed by atoms with Crippen molar-refractivity contribution in [3.05, 3.63) is 29.8 Å². The average molecular weight is 332 g/mol. The van der Waals surface area contributed by atoms with Crippen LogP contribution in [0.3, 0.4) is 0 Å². The molecular weight excluding hydrogens is 318 g/mol. The number of amides is 2. The van der Waals surface area contributed by atoms with E-state index in [0.29, 0.717) is 0 Å². The summed E-state index contributed by atoms with van der Waals surface area (Å²) < 4.78 is 48.6. The third-order valence-corrected chi connectivity index (χ3v) is 4.25. The van der Waals surface area contributed by atoms with Crippen LogP contribution in [0.4, 0.5) is 14.5 Å². The van der Waals surface area contributed by atoms with Gasteiger partial charge >= 0.3 is 11.8 Å². The quantitative estimate of drug-likeness (QED) is 0.813. The molecule has 2 rings (SSSR count). The van der Waals surface area contributed by atoms with Crippen molar-refractivity contribution >= 4 is 27.3 Å². The maximum absolute atomic E-state index is 13.4. The van der Waals surface area contributed by atoms with Gasteiger partial charge in [0.1, 0.15) is 9.84 Å². The lowest BCUT2D eigenvalue weighted by Crippen LogP contribution is -2.55. The maximum Gasteiger partial charge on any atom is 0.313 e. The lowest BCUT2D eigenvalue weighted by molar-refractivity contribution is -0.147. The Kier molecular flexibility index (Phi) is 4.45. The molecule has 0 unspecified atom stereocenters. The van der Waals surface area contributed by atoms with E-state index in [1.807, 2.05) is 5.32 Å². The second kappa shape index (κ2) is 5.99. The number of carbonyl (C=O) groups is 2. The topological polar surface area (TPSA) is 83.6 Å². The number of halogens is 2. The van der Waals surface area contributed by atoms with Crippen LogP contribution >= 0.6 is 0 Å². The number of hydrogen-bond donors (Lipinski definition) is 1. The molecule has 0 aliphatic carbocycles. The zero-order chi connectivity index (χ0) is 16.5. The summed E-state index contributed by atoms with van der Waals surface area (Å²) in [6.07, 6.45) is 1.09. The van der Waals surface area contributed by atoms with E-state index in [1.165, 1.54) is 6.07 Å². The molecule has 2 amide bonds. The lowest BCUT2D eigenvalue weighted by Gasteiger charge is -2.38. The number of anilines is 1. The van der Waals surface area contributed by atoms with Crippen LogP contribution in [0.25, 0.3) is 0 Å². The fourth-order valence-electron chi connectivity index (χ4n) is 2.19. The highest BCUT2D eigenvalue weighted by Gasteiger charge is 2.35. The summed E-state index contributed by atoms with van der Waals surface area (Å²) in [6.45, 7) is 0.288. The molecule has 0 saturated carbocycles. The number of likely N-dealkylation sites (tertiary alicyclic amines) is 1. The minimum absolute atomic E-state index is 0.0586. The summed E-state index contributed by atoms with van der Waals surface area (Å²) >= 11 is 0. The predicted octanol–water partition coefficient (Wildman–Crippen LogP) is 0.406. The van der Waals surface area contributed by atoms with Crippen LogP contribution < -0.4 is 5.32 Å².